The second-order valence-corrected chi connectivity index (χ2v) is 4.65. The van der Waals surface area contributed by atoms with Crippen molar-refractivity contribution in [2.75, 3.05) is 12.4 Å². The fourth-order valence-electron chi connectivity index (χ4n) is 2.21. The number of amides is 1. The zero-order valence-corrected chi connectivity index (χ0v) is 11.6. The molecule has 0 radical (unpaired) electrons. The third-order valence-electron chi connectivity index (χ3n) is 3.18. The number of rotatable bonds is 4. The molecule has 1 heterocycles. The van der Waals surface area contributed by atoms with E-state index in [1.807, 2.05) is 42.5 Å². The average molecular weight is 281 g/mol. The highest BCUT2D eigenvalue weighted by Crippen LogP contribution is 2.16. The van der Waals surface area contributed by atoms with E-state index in [-0.39, 0.29) is 5.91 Å². The molecular weight excluding hydrogens is 266 g/mol. The van der Waals surface area contributed by atoms with Gasteiger partial charge in [-0.2, -0.15) is 0 Å². The van der Waals surface area contributed by atoms with Crippen LogP contribution in [0.2, 0.25) is 0 Å². The summed E-state index contributed by atoms with van der Waals surface area (Å²) in [6.07, 6.45) is 0. The molecule has 21 heavy (non-hydrogen) atoms. The Bertz CT molecular complexity index is 747. The van der Waals surface area contributed by atoms with Gasteiger partial charge in [0.2, 0.25) is 5.95 Å². The van der Waals surface area contributed by atoms with Crippen LogP contribution in [0, 0.1) is 0 Å². The number of fused-ring (bicyclic) bond motifs is 1. The SMILES string of the molecule is COCc1ccccc1C(=O)Nc1nc2ccccc2[nH]1. The summed E-state index contributed by atoms with van der Waals surface area (Å²) in [6.45, 7) is 0.393. The molecule has 0 saturated heterocycles. The van der Waals surface area contributed by atoms with Crippen LogP contribution in [0.15, 0.2) is 48.5 Å². The molecule has 5 nitrogen and oxygen atoms in total. The predicted molar refractivity (Wildman–Crippen MR) is 81.2 cm³/mol. The fraction of sp³-hybridized carbons (Fsp3) is 0.125. The highest BCUT2D eigenvalue weighted by atomic mass is 16.5. The average Bonchev–Trinajstić information content (AvgIpc) is 2.90. The van der Waals surface area contributed by atoms with Gasteiger partial charge in [0.1, 0.15) is 0 Å². The lowest BCUT2D eigenvalue weighted by atomic mass is 10.1. The van der Waals surface area contributed by atoms with Crippen molar-refractivity contribution in [2.45, 2.75) is 6.61 Å². The molecule has 1 aromatic heterocycles. The number of H-pyrrole nitrogens is 1. The second kappa shape index (κ2) is 5.76. The minimum absolute atomic E-state index is 0.207. The van der Waals surface area contributed by atoms with Gasteiger partial charge in [-0.05, 0) is 23.8 Å². The lowest BCUT2D eigenvalue weighted by Crippen LogP contribution is -2.15. The first-order chi connectivity index (χ1) is 10.3. The molecule has 0 bridgehead atoms. The minimum atomic E-state index is -0.207. The van der Waals surface area contributed by atoms with E-state index in [2.05, 4.69) is 15.3 Å². The molecule has 0 spiro atoms. The van der Waals surface area contributed by atoms with Gasteiger partial charge in [0.15, 0.2) is 0 Å². The molecule has 0 atom stereocenters. The van der Waals surface area contributed by atoms with E-state index in [1.54, 1.807) is 13.2 Å². The van der Waals surface area contributed by atoms with Crippen LogP contribution in [0.1, 0.15) is 15.9 Å². The van der Waals surface area contributed by atoms with Crippen LogP contribution in [0.4, 0.5) is 5.95 Å². The number of carbonyl (C=O) groups is 1. The van der Waals surface area contributed by atoms with Crippen molar-refractivity contribution in [1.29, 1.82) is 0 Å². The number of benzene rings is 2. The molecule has 0 aliphatic rings. The first kappa shape index (κ1) is 13.3. The number of ether oxygens (including phenoxy) is 1. The molecule has 106 valence electrons. The van der Waals surface area contributed by atoms with Crippen LogP contribution in [0.3, 0.4) is 0 Å². The first-order valence-corrected chi connectivity index (χ1v) is 6.61. The first-order valence-electron chi connectivity index (χ1n) is 6.61. The van der Waals surface area contributed by atoms with Crippen molar-refractivity contribution < 1.29 is 9.53 Å². The molecular formula is C16H15N3O2. The Morgan fingerprint density at radius 1 is 1.19 bits per heavy atom. The normalized spacial score (nSPS) is 10.7. The van der Waals surface area contributed by atoms with E-state index in [4.69, 9.17) is 4.74 Å². The lowest BCUT2D eigenvalue weighted by molar-refractivity contribution is 0.102. The molecule has 0 aliphatic carbocycles. The Balaban J connectivity index is 1.86. The van der Waals surface area contributed by atoms with Gasteiger partial charge in [0.25, 0.3) is 5.91 Å². The number of anilines is 1. The van der Waals surface area contributed by atoms with Gasteiger partial charge in [0.05, 0.1) is 17.6 Å². The standard InChI is InChI=1S/C16H15N3O2/c1-21-10-11-6-2-3-7-12(11)15(20)19-16-17-13-8-4-5-9-14(13)18-16/h2-9H,10H2,1H3,(H2,17,18,19,20). The van der Waals surface area contributed by atoms with Crippen LogP contribution in [-0.4, -0.2) is 23.0 Å². The predicted octanol–water partition coefficient (Wildman–Crippen LogP) is 2.96. The third kappa shape index (κ3) is 2.78. The van der Waals surface area contributed by atoms with Gasteiger partial charge in [-0.25, -0.2) is 4.98 Å². The smallest absolute Gasteiger partial charge is 0.258 e. The number of carbonyl (C=O) groups excluding carboxylic acids is 1. The Labute approximate surface area is 122 Å². The molecule has 3 rings (SSSR count). The van der Waals surface area contributed by atoms with Crippen LogP contribution >= 0.6 is 0 Å². The van der Waals surface area contributed by atoms with E-state index in [0.29, 0.717) is 18.1 Å². The van der Waals surface area contributed by atoms with Gasteiger partial charge < -0.3 is 9.72 Å². The van der Waals surface area contributed by atoms with Gasteiger partial charge in [-0.1, -0.05) is 30.3 Å². The third-order valence-corrected chi connectivity index (χ3v) is 3.18. The molecule has 2 aromatic carbocycles. The summed E-state index contributed by atoms with van der Waals surface area (Å²) < 4.78 is 5.11. The summed E-state index contributed by atoms with van der Waals surface area (Å²) in [5.41, 5.74) is 3.13. The maximum atomic E-state index is 12.4. The van der Waals surface area contributed by atoms with Crippen LogP contribution in [0.5, 0.6) is 0 Å². The Hall–Kier alpha value is -2.66. The molecule has 0 saturated carbocycles. The number of methoxy groups -OCH3 is 1. The zero-order chi connectivity index (χ0) is 14.7. The number of hydrogen-bond acceptors (Lipinski definition) is 3. The van der Waals surface area contributed by atoms with E-state index >= 15 is 0 Å². The number of imidazole rings is 1. The van der Waals surface area contributed by atoms with Gasteiger partial charge in [-0.15, -0.1) is 0 Å². The number of nitrogens with one attached hydrogen (secondary N) is 2. The van der Waals surface area contributed by atoms with Crippen molar-refractivity contribution >= 4 is 22.9 Å². The quantitative estimate of drug-likeness (QED) is 0.772. The second-order valence-electron chi connectivity index (χ2n) is 4.65. The monoisotopic (exact) mass is 281 g/mol. The maximum absolute atomic E-state index is 12.4. The number of nitrogens with zero attached hydrogens (tertiary/aromatic N) is 1. The molecule has 2 N–H and O–H groups in total. The molecule has 0 aliphatic heterocycles. The van der Waals surface area contributed by atoms with Gasteiger partial charge in [-0.3, -0.25) is 10.1 Å². The van der Waals surface area contributed by atoms with E-state index in [9.17, 15) is 4.79 Å². The van der Waals surface area contributed by atoms with Crippen molar-refractivity contribution in [3.05, 3.63) is 59.7 Å². The minimum Gasteiger partial charge on any atom is -0.380 e. The summed E-state index contributed by atoms with van der Waals surface area (Å²) in [5.74, 6) is 0.232. The van der Waals surface area contributed by atoms with Gasteiger partial charge in [0, 0.05) is 12.7 Å². The van der Waals surface area contributed by atoms with Gasteiger partial charge >= 0.3 is 0 Å². The Kier molecular flexibility index (Phi) is 3.66. The number of para-hydroxylation sites is 2. The zero-order valence-electron chi connectivity index (χ0n) is 11.6. The van der Waals surface area contributed by atoms with E-state index < -0.39 is 0 Å². The Morgan fingerprint density at radius 2 is 1.95 bits per heavy atom. The summed E-state index contributed by atoms with van der Waals surface area (Å²) in [4.78, 5) is 19.8. The summed E-state index contributed by atoms with van der Waals surface area (Å²) >= 11 is 0. The largest absolute Gasteiger partial charge is 0.380 e. The maximum Gasteiger partial charge on any atom is 0.258 e. The van der Waals surface area contributed by atoms with Crippen LogP contribution in [0.25, 0.3) is 11.0 Å². The summed E-state index contributed by atoms with van der Waals surface area (Å²) in [7, 11) is 1.61. The fourth-order valence-corrected chi connectivity index (χ4v) is 2.21. The Morgan fingerprint density at radius 3 is 2.76 bits per heavy atom. The lowest BCUT2D eigenvalue weighted by Gasteiger charge is -2.07. The molecule has 0 unspecified atom stereocenters. The van der Waals surface area contributed by atoms with Crippen molar-refractivity contribution in [2.24, 2.45) is 0 Å². The van der Waals surface area contributed by atoms with Crippen LogP contribution < -0.4 is 5.32 Å². The topological polar surface area (TPSA) is 67.0 Å². The molecule has 1 amide bonds. The number of aromatic amines is 1. The number of hydrogen-bond donors (Lipinski definition) is 2. The van der Waals surface area contributed by atoms with E-state index in [0.717, 1.165) is 16.6 Å². The molecule has 5 heteroatoms. The molecule has 0 fully saturated rings. The summed E-state index contributed by atoms with van der Waals surface area (Å²) in [5, 5.41) is 2.79. The highest BCUT2D eigenvalue weighted by molar-refractivity contribution is 6.05. The van der Waals surface area contributed by atoms with Crippen molar-refractivity contribution in [3.63, 3.8) is 0 Å². The van der Waals surface area contributed by atoms with Crippen LogP contribution in [-0.2, 0) is 11.3 Å². The van der Waals surface area contributed by atoms with Crippen molar-refractivity contribution in [3.8, 4) is 0 Å². The van der Waals surface area contributed by atoms with E-state index in [1.165, 1.54) is 0 Å². The number of aromatic nitrogens is 2. The molecule has 3 aromatic rings. The summed E-state index contributed by atoms with van der Waals surface area (Å²) in [6, 6.07) is 15.0. The highest BCUT2D eigenvalue weighted by Gasteiger charge is 2.12. The van der Waals surface area contributed by atoms with Crippen molar-refractivity contribution in [1.82, 2.24) is 9.97 Å².